The summed E-state index contributed by atoms with van der Waals surface area (Å²) in [5, 5.41) is 20.9. The van der Waals surface area contributed by atoms with Gasteiger partial charge in [0.05, 0.1) is 24.9 Å². The van der Waals surface area contributed by atoms with E-state index in [-0.39, 0.29) is 11.2 Å². The third-order valence-corrected chi connectivity index (χ3v) is 12.0. The SMILES string of the molecule is C[C@@H]1CC[C@@]2(OC1)OC1C[C@H]3C4CC[C@H]5C[C@@H](O)[C@H](O)C[C@]5(C)C4CC[C@]3(C)C1[C@@H]2C. The number of aliphatic hydroxyl groups is 2. The summed E-state index contributed by atoms with van der Waals surface area (Å²) in [6.07, 6.45) is 9.51. The smallest absolute Gasteiger partial charge is 0.171 e. The van der Waals surface area contributed by atoms with E-state index in [1.807, 2.05) is 0 Å². The largest absolute Gasteiger partial charge is 0.390 e. The van der Waals surface area contributed by atoms with Crippen LogP contribution in [0.4, 0.5) is 0 Å². The highest BCUT2D eigenvalue weighted by molar-refractivity contribution is 5.15. The third kappa shape index (κ3) is 2.80. The number of ether oxygens (including phenoxy) is 2. The zero-order chi connectivity index (χ0) is 21.8. The lowest BCUT2D eigenvalue weighted by atomic mass is 9.44. The van der Waals surface area contributed by atoms with E-state index in [0.717, 1.165) is 37.7 Å². The Morgan fingerprint density at radius 1 is 0.839 bits per heavy atom. The number of hydrogen-bond acceptors (Lipinski definition) is 4. The van der Waals surface area contributed by atoms with E-state index in [4.69, 9.17) is 9.47 Å². The van der Waals surface area contributed by atoms with Crippen molar-refractivity contribution in [3.8, 4) is 0 Å². The van der Waals surface area contributed by atoms with Crippen molar-refractivity contribution >= 4 is 0 Å². The van der Waals surface area contributed by atoms with Crippen molar-refractivity contribution in [2.24, 2.45) is 52.3 Å². The van der Waals surface area contributed by atoms with Crippen LogP contribution in [0.2, 0.25) is 0 Å². The molecule has 4 saturated carbocycles. The zero-order valence-corrected chi connectivity index (χ0v) is 20.1. The molecular weight excluding hydrogens is 388 g/mol. The summed E-state index contributed by atoms with van der Waals surface area (Å²) >= 11 is 0. The molecule has 4 aliphatic carbocycles. The zero-order valence-electron chi connectivity index (χ0n) is 20.1. The number of fused-ring (bicyclic) bond motifs is 7. The molecule has 0 bridgehead atoms. The van der Waals surface area contributed by atoms with E-state index in [1.165, 1.54) is 38.5 Å². The summed E-state index contributed by atoms with van der Waals surface area (Å²) in [6.45, 7) is 10.6. The molecule has 0 aromatic heterocycles. The summed E-state index contributed by atoms with van der Waals surface area (Å²) in [6, 6.07) is 0. The van der Waals surface area contributed by atoms with Crippen molar-refractivity contribution in [1.82, 2.24) is 0 Å². The van der Waals surface area contributed by atoms with E-state index in [0.29, 0.717) is 41.1 Å². The predicted octanol–water partition coefficient (Wildman–Crippen LogP) is 4.76. The lowest BCUT2D eigenvalue weighted by Crippen LogP contribution is -2.57. The number of hydrogen-bond donors (Lipinski definition) is 2. The van der Waals surface area contributed by atoms with Crippen LogP contribution in [0, 0.1) is 52.3 Å². The summed E-state index contributed by atoms with van der Waals surface area (Å²) in [7, 11) is 0. The second-order valence-electron chi connectivity index (χ2n) is 13.2. The standard InChI is InChI=1S/C27H44O4/c1-15-7-10-27(30-14-15)16(2)24-23(31-27)12-20-18-6-5-17-11-21(28)22(29)13-26(17,4)19(18)8-9-25(20,24)3/h15-24,28-29H,5-14H2,1-4H3/t15-,16+,17+,18?,19?,20+,21-,22-,23?,24?,25+,26+,27-/m1/s1. The van der Waals surface area contributed by atoms with Gasteiger partial charge in [-0.25, -0.2) is 0 Å². The minimum absolute atomic E-state index is 0.191. The van der Waals surface area contributed by atoms with Crippen molar-refractivity contribution in [3.05, 3.63) is 0 Å². The molecule has 0 aromatic carbocycles. The molecule has 4 unspecified atom stereocenters. The van der Waals surface area contributed by atoms with E-state index < -0.39 is 12.2 Å². The van der Waals surface area contributed by atoms with Crippen molar-refractivity contribution < 1.29 is 19.7 Å². The molecule has 0 radical (unpaired) electrons. The molecule has 2 saturated heterocycles. The predicted molar refractivity (Wildman–Crippen MR) is 119 cm³/mol. The van der Waals surface area contributed by atoms with Crippen LogP contribution in [0.5, 0.6) is 0 Å². The average molecular weight is 433 g/mol. The molecule has 176 valence electrons. The maximum atomic E-state index is 10.6. The molecular formula is C27H44O4. The van der Waals surface area contributed by atoms with E-state index in [1.54, 1.807) is 0 Å². The monoisotopic (exact) mass is 432 g/mol. The molecule has 4 heteroatoms. The fourth-order valence-electron chi connectivity index (χ4n) is 10.3. The van der Waals surface area contributed by atoms with Gasteiger partial charge in [0.1, 0.15) is 0 Å². The van der Waals surface area contributed by atoms with Gasteiger partial charge in [0.15, 0.2) is 5.79 Å². The first-order valence-electron chi connectivity index (χ1n) is 13.4. The lowest BCUT2D eigenvalue weighted by molar-refractivity contribution is -0.273. The lowest BCUT2D eigenvalue weighted by Gasteiger charge is -2.61. The van der Waals surface area contributed by atoms with Crippen molar-refractivity contribution in [1.29, 1.82) is 0 Å². The molecule has 6 rings (SSSR count). The van der Waals surface area contributed by atoms with Crippen LogP contribution in [0.15, 0.2) is 0 Å². The Balaban J connectivity index is 1.26. The third-order valence-electron chi connectivity index (χ3n) is 12.0. The molecule has 13 atom stereocenters. The molecule has 1 spiro atoms. The van der Waals surface area contributed by atoms with Crippen LogP contribution in [0.25, 0.3) is 0 Å². The average Bonchev–Trinajstić information content (AvgIpc) is 3.16. The van der Waals surface area contributed by atoms with Crippen LogP contribution in [0.1, 0.15) is 85.5 Å². The van der Waals surface area contributed by atoms with Gasteiger partial charge >= 0.3 is 0 Å². The van der Waals surface area contributed by atoms with Gasteiger partial charge < -0.3 is 19.7 Å². The first-order chi connectivity index (χ1) is 14.7. The van der Waals surface area contributed by atoms with Gasteiger partial charge in [-0.2, -0.15) is 0 Å². The molecule has 2 aliphatic heterocycles. The molecule has 31 heavy (non-hydrogen) atoms. The highest BCUT2D eigenvalue weighted by Gasteiger charge is 2.69. The van der Waals surface area contributed by atoms with Crippen molar-refractivity contribution in [3.63, 3.8) is 0 Å². The molecule has 6 fully saturated rings. The van der Waals surface area contributed by atoms with Gasteiger partial charge in [0, 0.05) is 12.3 Å². The second-order valence-corrected chi connectivity index (χ2v) is 13.2. The maximum Gasteiger partial charge on any atom is 0.171 e. The van der Waals surface area contributed by atoms with Gasteiger partial charge in [-0.15, -0.1) is 0 Å². The second kappa shape index (κ2) is 6.93. The van der Waals surface area contributed by atoms with Crippen LogP contribution in [-0.2, 0) is 9.47 Å². The summed E-state index contributed by atoms with van der Waals surface area (Å²) in [5.74, 6) is 4.21. The number of aliphatic hydroxyl groups excluding tert-OH is 2. The fraction of sp³-hybridized carbons (Fsp3) is 1.00. The van der Waals surface area contributed by atoms with Gasteiger partial charge in [-0.3, -0.25) is 0 Å². The molecule has 2 heterocycles. The Labute approximate surface area is 188 Å². The van der Waals surface area contributed by atoms with Gasteiger partial charge in [-0.1, -0.05) is 27.7 Å². The fourth-order valence-corrected chi connectivity index (χ4v) is 10.3. The first kappa shape index (κ1) is 21.4. The van der Waals surface area contributed by atoms with E-state index >= 15 is 0 Å². The van der Waals surface area contributed by atoms with Crippen LogP contribution >= 0.6 is 0 Å². The van der Waals surface area contributed by atoms with Gasteiger partial charge in [0.25, 0.3) is 0 Å². The Bertz CT molecular complexity index is 716. The van der Waals surface area contributed by atoms with Crippen molar-refractivity contribution in [2.75, 3.05) is 6.61 Å². The van der Waals surface area contributed by atoms with Gasteiger partial charge in [-0.05, 0) is 97.7 Å². The van der Waals surface area contributed by atoms with Gasteiger partial charge in [0.2, 0.25) is 0 Å². The summed E-state index contributed by atoms with van der Waals surface area (Å²) in [4.78, 5) is 0. The molecule has 4 nitrogen and oxygen atoms in total. The molecule has 2 N–H and O–H groups in total. The first-order valence-corrected chi connectivity index (χ1v) is 13.4. The highest BCUT2D eigenvalue weighted by Crippen LogP contribution is 2.71. The minimum Gasteiger partial charge on any atom is -0.390 e. The minimum atomic E-state index is -0.537. The summed E-state index contributed by atoms with van der Waals surface area (Å²) < 4.78 is 13.3. The normalized spacial score (nSPS) is 63.3. The maximum absolute atomic E-state index is 10.6. The highest BCUT2D eigenvalue weighted by atomic mass is 16.7. The molecule has 6 aliphatic rings. The van der Waals surface area contributed by atoms with Crippen LogP contribution < -0.4 is 0 Å². The Morgan fingerprint density at radius 3 is 2.39 bits per heavy atom. The molecule has 0 amide bonds. The quantitative estimate of drug-likeness (QED) is 0.579. The van der Waals surface area contributed by atoms with Crippen LogP contribution in [-0.4, -0.2) is 40.9 Å². The Hall–Kier alpha value is -0.160. The van der Waals surface area contributed by atoms with E-state index in [9.17, 15) is 10.2 Å². The summed E-state index contributed by atoms with van der Waals surface area (Å²) in [5.41, 5.74) is 0.550. The Kier molecular flexibility index (Phi) is 4.78. The Morgan fingerprint density at radius 2 is 1.65 bits per heavy atom. The molecule has 0 aromatic rings. The van der Waals surface area contributed by atoms with Crippen LogP contribution in [0.3, 0.4) is 0 Å². The van der Waals surface area contributed by atoms with E-state index in [2.05, 4.69) is 27.7 Å². The number of rotatable bonds is 0. The van der Waals surface area contributed by atoms with Crippen molar-refractivity contribution in [2.45, 2.75) is 110 Å². The topological polar surface area (TPSA) is 58.9 Å².